The molecule has 1 aliphatic rings. The van der Waals surface area contributed by atoms with E-state index in [-0.39, 0.29) is 47.2 Å². The molecule has 2 N–H and O–H groups in total. The number of aryl methyl sites for hydroxylation is 1. The number of benzene rings is 1. The van der Waals surface area contributed by atoms with E-state index >= 15 is 0 Å². The highest BCUT2D eigenvalue weighted by molar-refractivity contribution is 6.10. The van der Waals surface area contributed by atoms with Gasteiger partial charge in [-0.3, -0.25) is 18.7 Å². The lowest BCUT2D eigenvalue weighted by Crippen LogP contribution is -2.44. The fourth-order valence-electron chi connectivity index (χ4n) is 5.55. The lowest BCUT2D eigenvalue weighted by Gasteiger charge is -2.34. The van der Waals surface area contributed by atoms with Crippen molar-refractivity contribution in [2.24, 2.45) is 12.8 Å². The van der Waals surface area contributed by atoms with E-state index in [0.29, 0.717) is 30.1 Å². The van der Waals surface area contributed by atoms with Gasteiger partial charge in [-0.15, -0.1) is 5.92 Å². The number of pyridine rings is 1. The number of carbonyl (C=O) groups excluding carboxylic acids is 1. The van der Waals surface area contributed by atoms with Gasteiger partial charge in [0.1, 0.15) is 23.0 Å². The predicted octanol–water partition coefficient (Wildman–Crippen LogP) is 1.62. The van der Waals surface area contributed by atoms with Crippen molar-refractivity contribution in [2.45, 2.75) is 38.9 Å². The Balaban J connectivity index is 1.84. The SMILES string of the molecule is CC#CCn1c(N2CCC[C@@H](N)C2)c(C(=O)N(C)C)c2c1c(=O)n(Cc1nc3ccccc3cc1C#N)c(=O)n2C. The molecule has 1 aliphatic heterocycles. The number of carbonyl (C=O) groups is 1. The van der Waals surface area contributed by atoms with Crippen LogP contribution in [0.4, 0.5) is 5.82 Å². The zero-order chi connectivity index (χ0) is 29.4. The summed E-state index contributed by atoms with van der Waals surface area (Å²) < 4.78 is 4.15. The van der Waals surface area contributed by atoms with E-state index in [1.165, 1.54) is 9.47 Å². The number of rotatable bonds is 5. The van der Waals surface area contributed by atoms with Crippen LogP contribution in [-0.4, -0.2) is 62.7 Å². The van der Waals surface area contributed by atoms with Crippen molar-refractivity contribution in [2.75, 3.05) is 32.1 Å². The van der Waals surface area contributed by atoms with Crippen molar-refractivity contribution >= 4 is 33.7 Å². The molecule has 3 aromatic heterocycles. The number of para-hydroxylation sites is 1. The largest absolute Gasteiger partial charge is 0.356 e. The summed E-state index contributed by atoms with van der Waals surface area (Å²) in [7, 11) is 4.82. The second-order valence-corrected chi connectivity index (χ2v) is 10.5. The summed E-state index contributed by atoms with van der Waals surface area (Å²) in [5.41, 5.74) is 7.06. The highest BCUT2D eigenvalue weighted by atomic mass is 16.2. The molecule has 0 radical (unpaired) electrons. The third-order valence-corrected chi connectivity index (χ3v) is 7.53. The molecule has 11 nitrogen and oxygen atoms in total. The average molecular weight is 553 g/mol. The first kappa shape index (κ1) is 27.7. The number of nitrogens with zero attached hydrogens (tertiary/aromatic N) is 7. The molecule has 1 amide bonds. The number of hydrogen-bond acceptors (Lipinski definition) is 7. The number of hydrogen-bond donors (Lipinski definition) is 1. The van der Waals surface area contributed by atoms with Crippen LogP contribution in [0.15, 0.2) is 39.9 Å². The quantitative estimate of drug-likeness (QED) is 0.372. The van der Waals surface area contributed by atoms with Crippen molar-refractivity contribution in [3.05, 3.63) is 68.0 Å². The van der Waals surface area contributed by atoms with Crippen molar-refractivity contribution in [3.8, 4) is 17.9 Å². The predicted molar refractivity (Wildman–Crippen MR) is 158 cm³/mol. The van der Waals surface area contributed by atoms with Gasteiger partial charge in [0.2, 0.25) is 0 Å². The first-order valence-electron chi connectivity index (χ1n) is 13.4. The van der Waals surface area contributed by atoms with Crippen LogP contribution in [0.3, 0.4) is 0 Å². The fourth-order valence-corrected chi connectivity index (χ4v) is 5.55. The maximum Gasteiger partial charge on any atom is 0.331 e. The maximum absolute atomic E-state index is 14.3. The lowest BCUT2D eigenvalue weighted by atomic mass is 10.1. The zero-order valence-corrected chi connectivity index (χ0v) is 23.6. The summed E-state index contributed by atoms with van der Waals surface area (Å²) >= 11 is 0. The Kier molecular flexibility index (Phi) is 7.40. The molecule has 1 atom stereocenters. The van der Waals surface area contributed by atoms with E-state index in [2.05, 4.69) is 22.9 Å². The van der Waals surface area contributed by atoms with Crippen molar-refractivity contribution in [1.82, 2.24) is 23.6 Å². The lowest BCUT2D eigenvalue weighted by molar-refractivity contribution is 0.0829. The van der Waals surface area contributed by atoms with Gasteiger partial charge in [0.25, 0.3) is 11.5 Å². The minimum atomic E-state index is -0.616. The topological polar surface area (TPSA) is 135 Å². The van der Waals surface area contributed by atoms with Gasteiger partial charge in [-0.25, -0.2) is 9.78 Å². The third-order valence-electron chi connectivity index (χ3n) is 7.53. The second-order valence-electron chi connectivity index (χ2n) is 10.5. The fraction of sp³-hybridized carbons (Fsp3) is 0.367. The summed E-state index contributed by atoms with van der Waals surface area (Å²) in [5.74, 6) is 6.12. The smallest absolute Gasteiger partial charge is 0.331 e. The Hall–Kier alpha value is -4.87. The molecular formula is C30H32N8O3. The van der Waals surface area contributed by atoms with E-state index < -0.39 is 11.2 Å². The number of piperidine rings is 1. The van der Waals surface area contributed by atoms with Crippen LogP contribution in [0.5, 0.6) is 0 Å². The number of fused-ring (bicyclic) bond motifs is 2. The molecule has 4 aromatic rings. The van der Waals surface area contributed by atoms with Gasteiger partial charge in [-0.2, -0.15) is 5.26 Å². The Morgan fingerprint density at radius 1 is 1.20 bits per heavy atom. The number of aromatic nitrogens is 4. The van der Waals surface area contributed by atoms with Crippen molar-refractivity contribution < 1.29 is 4.79 Å². The minimum Gasteiger partial charge on any atom is -0.356 e. The van der Waals surface area contributed by atoms with Crippen molar-refractivity contribution in [3.63, 3.8) is 0 Å². The van der Waals surface area contributed by atoms with Gasteiger partial charge >= 0.3 is 5.69 Å². The van der Waals surface area contributed by atoms with Crippen molar-refractivity contribution in [1.29, 1.82) is 5.26 Å². The van der Waals surface area contributed by atoms with Gasteiger partial charge in [0, 0.05) is 45.7 Å². The molecule has 0 bridgehead atoms. The Morgan fingerprint density at radius 3 is 2.63 bits per heavy atom. The molecule has 0 saturated carbocycles. The van der Waals surface area contributed by atoms with E-state index in [4.69, 9.17) is 5.73 Å². The van der Waals surface area contributed by atoms with Gasteiger partial charge in [0.05, 0.1) is 35.4 Å². The van der Waals surface area contributed by atoms with E-state index in [0.717, 1.165) is 22.8 Å². The molecule has 0 aliphatic carbocycles. The van der Waals surface area contributed by atoms with E-state index in [9.17, 15) is 19.6 Å². The molecule has 1 aromatic carbocycles. The zero-order valence-electron chi connectivity index (χ0n) is 23.6. The molecule has 41 heavy (non-hydrogen) atoms. The molecule has 1 fully saturated rings. The number of nitrogens with two attached hydrogens (primary N) is 1. The second kappa shape index (κ2) is 11.0. The highest BCUT2D eigenvalue weighted by Crippen LogP contribution is 2.33. The molecule has 5 rings (SSSR count). The van der Waals surface area contributed by atoms with Crippen LogP contribution in [0, 0.1) is 23.2 Å². The first-order chi connectivity index (χ1) is 19.7. The summed E-state index contributed by atoms with van der Waals surface area (Å²) in [6, 6.07) is 11.1. The summed E-state index contributed by atoms with van der Waals surface area (Å²) in [4.78, 5) is 49.8. The minimum absolute atomic E-state index is 0.0985. The molecule has 0 spiro atoms. The maximum atomic E-state index is 14.3. The monoisotopic (exact) mass is 552 g/mol. The molecule has 4 heterocycles. The van der Waals surface area contributed by atoms with E-state index in [1.807, 2.05) is 29.2 Å². The average Bonchev–Trinajstić information content (AvgIpc) is 3.31. The summed E-state index contributed by atoms with van der Waals surface area (Å²) in [5, 5.41) is 10.6. The van der Waals surface area contributed by atoms with Gasteiger partial charge < -0.3 is 20.1 Å². The van der Waals surface area contributed by atoms with E-state index in [1.54, 1.807) is 38.7 Å². The molecule has 11 heteroatoms. The van der Waals surface area contributed by atoms with Gasteiger partial charge in [-0.1, -0.05) is 24.1 Å². The third kappa shape index (κ3) is 4.75. The normalized spacial score (nSPS) is 15.0. The Labute approximate surface area is 237 Å². The van der Waals surface area contributed by atoms with Crippen LogP contribution in [0.25, 0.3) is 21.9 Å². The van der Waals surface area contributed by atoms with Gasteiger partial charge in [0.15, 0.2) is 0 Å². The first-order valence-corrected chi connectivity index (χ1v) is 13.4. The van der Waals surface area contributed by atoms with Crippen LogP contribution in [-0.2, 0) is 20.1 Å². The van der Waals surface area contributed by atoms with Crippen LogP contribution < -0.4 is 21.9 Å². The Morgan fingerprint density at radius 2 is 1.95 bits per heavy atom. The molecule has 1 saturated heterocycles. The molecule has 210 valence electrons. The summed E-state index contributed by atoms with van der Waals surface area (Å²) in [6.07, 6.45) is 1.68. The van der Waals surface area contributed by atoms with Crippen LogP contribution in [0.2, 0.25) is 0 Å². The van der Waals surface area contributed by atoms with Crippen LogP contribution >= 0.6 is 0 Å². The number of anilines is 1. The number of nitriles is 1. The Bertz CT molecular complexity index is 1910. The highest BCUT2D eigenvalue weighted by Gasteiger charge is 2.33. The number of amides is 1. The molecular weight excluding hydrogens is 520 g/mol. The van der Waals surface area contributed by atoms with Crippen LogP contribution in [0.1, 0.15) is 41.4 Å². The standard InChI is InChI=1S/C30H32N8O3/c1-5-6-14-37-26-25(24(28(39)34(2)3)27(37)36-13-9-11-21(32)17-36)35(4)30(41)38(29(26)40)18-23-20(16-31)15-19-10-7-8-12-22(19)33-23/h7-8,10,12,15,21H,9,11,13-14,17-18,32H2,1-4H3/t21-/m1/s1. The summed E-state index contributed by atoms with van der Waals surface area (Å²) in [6.45, 7) is 2.78. The van der Waals surface area contributed by atoms with Gasteiger partial charge in [-0.05, 0) is 31.9 Å². The molecule has 0 unspecified atom stereocenters.